The van der Waals surface area contributed by atoms with Crippen LogP contribution >= 0.6 is 0 Å². The molecule has 0 bridgehead atoms. The summed E-state index contributed by atoms with van der Waals surface area (Å²) in [7, 11) is 0. The lowest BCUT2D eigenvalue weighted by Gasteiger charge is -2.37. The number of piperidine rings is 1. The van der Waals surface area contributed by atoms with Gasteiger partial charge >= 0.3 is 0 Å². The Morgan fingerprint density at radius 3 is 2.32 bits per heavy atom. The molecule has 8 heteroatoms. The van der Waals surface area contributed by atoms with Gasteiger partial charge in [-0.15, -0.1) is 5.10 Å². The van der Waals surface area contributed by atoms with Crippen LogP contribution in [-0.2, 0) is 9.47 Å². The van der Waals surface area contributed by atoms with Gasteiger partial charge in [0.15, 0.2) is 11.6 Å². The van der Waals surface area contributed by atoms with Crippen LogP contribution in [0.4, 0.5) is 23.1 Å². The minimum absolute atomic E-state index is 0.392. The largest absolute Gasteiger partial charge is 0.372 e. The molecule has 2 aromatic rings. The minimum atomic E-state index is -0.392. The third kappa shape index (κ3) is 3.62. The summed E-state index contributed by atoms with van der Waals surface area (Å²) in [6, 6.07) is 8.51. The van der Waals surface area contributed by atoms with Crippen LogP contribution in [0.5, 0.6) is 0 Å². The number of ether oxygens (including phenoxy) is 2. The van der Waals surface area contributed by atoms with Crippen molar-refractivity contribution in [1.82, 2.24) is 15.2 Å². The van der Waals surface area contributed by atoms with Crippen molar-refractivity contribution in [2.75, 3.05) is 54.5 Å². The Hall–Kier alpha value is -2.45. The van der Waals surface area contributed by atoms with Crippen molar-refractivity contribution >= 4 is 23.1 Å². The summed E-state index contributed by atoms with van der Waals surface area (Å²) >= 11 is 0. The molecule has 1 aromatic heterocycles. The first-order valence-electron chi connectivity index (χ1n) is 10.1. The van der Waals surface area contributed by atoms with Gasteiger partial charge in [0.25, 0.3) is 0 Å². The molecule has 0 atom stereocenters. The van der Waals surface area contributed by atoms with E-state index < -0.39 is 5.79 Å². The summed E-state index contributed by atoms with van der Waals surface area (Å²) in [6.45, 7) is 5.28. The lowest BCUT2D eigenvalue weighted by atomic mass is 10.0. The van der Waals surface area contributed by atoms with Crippen molar-refractivity contribution in [1.29, 1.82) is 0 Å². The molecular weight excluding hydrogens is 356 g/mol. The second kappa shape index (κ2) is 7.52. The smallest absolute Gasteiger partial charge is 0.247 e. The van der Waals surface area contributed by atoms with Crippen LogP contribution < -0.4 is 15.1 Å². The van der Waals surface area contributed by atoms with Gasteiger partial charge in [-0.3, -0.25) is 0 Å². The average molecular weight is 382 g/mol. The number of aromatic nitrogens is 3. The number of hydrogen-bond donors (Lipinski definition) is 1. The van der Waals surface area contributed by atoms with Crippen LogP contribution in [0.15, 0.2) is 30.5 Å². The number of anilines is 4. The molecular formula is C20H26N6O2. The van der Waals surface area contributed by atoms with Gasteiger partial charge < -0.3 is 24.6 Å². The molecule has 0 aliphatic carbocycles. The number of nitrogens with zero attached hydrogens (tertiary/aromatic N) is 5. The van der Waals surface area contributed by atoms with Gasteiger partial charge in [0.2, 0.25) is 5.95 Å². The van der Waals surface area contributed by atoms with Crippen molar-refractivity contribution in [3.05, 3.63) is 30.5 Å². The molecule has 8 nitrogen and oxygen atoms in total. The van der Waals surface area contributed by atoms with E-state index in [2.05, 4.69) is 54.6 Å². The molecule has 28 heavy (non-hydrogen) atoms. The average Bonchev–Trinajstić information content (AvgIpc) is 3.42. The van der Waals surface area contributed by atoms with Crippen LogP contribution in [0, 0.1) is 0 Å². The van der Waals surface area contributed by atoms with Gasteiger partial charge in [-0.2, -0.15) is 10.1 Å². The molecule has 1 aromatic carbocycles. The first kappa shape index (κ1) is 17.6. The summed E-state index contributed by atoms with van der Waals surface area (Å²) in [4.78, 5) is 9.23. The fourth-order valence-corrected chi connectivity index (χ4v) is 4.20. The molecule has 3 saturated heterocycles. The third-order valence-corrected chi connectivity index (χ3v) is 5.78. The van der Waals surface area contributed by atoms with Crippen LogP contribution in [0.25, 0.3) is 0 Å². The van der Waals surface area contributed by atoms with Crippen molar-refractivity contribution in [3.63, 3.8) is 0 Å². The maximum atomic E-state index is 5.79. The number of hydrogen-bond acceptors (Lipinski definition) is 8. The lowest BCUT2D eigenvalue weighted by molar-refractivity contribution is -0.169. The quantitative estimate of drug-likeness (QED) is 0.865. The fraction of sp³-hybridized carbons (Fsp3) is 0.550. The van der Waals surface area contributed by atoms with E-state index in [1.54, 1.807) is 6.20 Å². The molecule has 5 rings (SSSR count). The van der Waals surface area contributed by atoms with Gasteiger partial charge in [-0.05, 0) is 37.1 Å². The highest BCUT2D eigenvalue weighted by atomic mass is 16.7. The van der Waals surface area contributed by atoms with E-state index in [0.717, 1.165) is 44.7 Å². The minimum Gasteiger partial charge on any atom is -0.372 e. The molecule has 3 fully saturated rings. The van der Waals surface area contributed by atoms with Crippen molar-refractivity contribution < 1.29 is 9.47 Å². The summed E-state index contributed by atoms with van der Waals surface area (Å²) in [5.74, 6) is 0.954. The molecule has 3 aliphatic heterocycles. The van der Waals surface area contributed by atoms with Gasteiger partial charge in [-0.1, -0.05) is 0 Å². The second-order valence-corrected chi connectivity index (χ2v) is 7.60. The molecule has 0 radical (unpaired) electrons. The Labute approximate surface area is 164 Å². The monoisotopic (exact) mass is 382 g/mol. The van der Waals surface area contributed by atoms with E-state index in [9.17, 15) is 0 Å². The predicted octanol–water partition coefficient (Wildman–Crippen LogP) is 2.56. The highest BCUT2D eigenvalue weighted by Crippen LogP contribution is 2.32. The van der Waals surface area contributed by atoms with E-state index >= 15 is 0 Å². The first-order valence-corrected chi connectivity index (χ1v) is 10.1. The molecule has 3 aliphatic rings. The predicted molar refractivity (Wildman–Crippen MR) is 107 cm³/mol. The molecule has 1 spiro atoms. The SMILES string of the molecule is c1cc(N2CCCC2)ccc1Nc1cnnc(N2CCC3(CC2)OCCO3)n1. The summed E-state index contributed by atoms with van der Waals surface area (Å²) in [5, 5.41) is 11.7. The van der Waals surface area contributed by atoms with Crippen LogP contribution in [-0.4, -0.2) is 60.4 Å². The Bertz CT molecular complexity index is 793. The van der Waals surface area contributed by atoms with Crippen molar-refractivity contribution in [2.24, 2.45) is 0 Å². The number of nitrogens with one attached hydrogen (secondary N) is 1. The Balaban J connectivity index is 1.23. The van der Waals surface area contributed by atoms with Gasteiger partial charge in [0.1, 0.15) is 0 Å². The van der Waals surface area contributed by atoms with Crippen molar-refractivity contribution in [2.45, 2.75) is 31.5 Å². The first-order chi connectivity index (χ1) is 13.8. The maximum Gasteiger partial charge on any atom is 0.247 e. The zero-order valence-electron chi connectivity index (χ0n) is 16.0. The Kier molecular flexibility index (Phi) is 4.74. The molecule has 1 N–H and O–H groups in total. The van der Waals surface area contributed by atoms with Gasteiger partial charge in [0.05, 0.1) is 19.4 Å². The summed E-state index contributed by atoms with van der Waals surface area (Å²) in [5.41, 5.74) is 2.28. The van der Waals surface area contributed by atoms with Crippen LogP contribution in [0.1, 0.15) is 25.7 Å². The van der Waals surface area contributed by atoms with Gasteiger partial charge in [0, 0.05) is 50.4 Å². The van der Waals surface area contributed by atoms with E-state index in [-0.39, 0.29) is 0 Å². The fourth-order valence-electron chi connectivity index (χ4n) is 4.20. The Morgan fingerprint density at radius 1 is 0.893 bits per heavy atom. The second-order valence-electron chi connectivity index (χ2n) is 7.60. The van der Waals surface area contributed by atoms with E-state index in [0.29, 0.717) is 25.0 Å². The molecule has 0 unspecified atom stereocenters. The van der Waals surface area contributed by atoms with Crippen molar-refractivity contribution in [3.8, 4) is 0 Å². The van der Waals surface area contributed by atoms with Crippen LogP contribution in [0.2, 0.25) is 0 Å². The maximum absolute atomic E-state index is 5.79. The molecule has 4 heterocycles. The Morgan fingerprint density at radius 2 is 1.61 bits per heavy atom. The molecule has 0 amide bonds. The third-order valence-electron chi connectivity index (χ3n) is 5.78. The van der Waals surface area contributed by atoms with E-state index in [4.69, 9.17) is 9.47 Å². The number of benzene rings is 1. The lowest BCUT2D eigenvalue weighted by Crippen LogP contribution is -2.45. The highest BCUT2D eigenvalue weighted by molar-refractivity contribution is 5.61. The normalized spacial score (nSPS) is 21.4. The zero-order chi connectivity index (χ0) is 18.8. The highest BCUT2D eigenvalue weighted by Gasteiger charge is 2.40. The van der Waals surface area contributed by atoms with E-state index in [1.165, 1.54) is 18.5 Å². The standard InChI is InChI=1S/C20H26N6O2/c1-2-10-25(9-1)17-5-3-16(4-6-17)22-18-15-21-24-19(23-18)26-11-7-20(8-12-26)27-13-14-28-20/h3-6,15H,1-2,7-14H2,(H,22,23,24). The summed E-state index contributed by atoms with van der Waals surface area (Å²) in [6.07, 6.45) is 5.88. The molecule has 148 valence electrons. The van der Waals surface area contributed by atoms with E-state index in [1.807, 2.05) is 0 Å². The van der Waals surface area contributed by atoms with Gasteiger partial charge in [-0.25, -0.2) is 0 Å². The van der Waals surface area contributed by atoms with Crippen LogP contribution in [0.3, 0.4) is 0 Å². The topological polar surface area (TPSA) is 75.6 Å². The molecule has 0 saturated carbocycles. The summed E-state index contributed by atoms with van der Waals surface area (Å²) < 4.78 is 11.6. The zero-order valence-corrected chi connectivity index (χ0v) is 16.0. The number of rotatable bonds is 4.